The Morgan fingerprint density at radius 2 is 1.71 bits per heavy atom. The molecule has 0 saturated heterocycles. The van der Waals surface area contributed by atoms with Crippen molar-refractivity contribution in [3.05, 3.63) is 97.4 Å². The van der Waals surface area contributed by atoms with E-state index in [1.807, 2.05) is 74.5 Å². The molecule has 6 heteroatoms. The van der Waals surface area contributed by atoms with Gasteiger partial charge in [-0.1, -0.05) is 42.0 Å². The van der Waals surface area contributed by atoms with E-state index in [4.69, 9.17) is 4.74 Å². The fourth-order valence-corrected chi connectivity index (χ4v) is 4.33. The molecule has 4 nitrogen and oxygen atoms in total. The van der Waals surface area contributed by atoms with Gasteiger partial charge in [0.05, 0.1) is 8.95 Å². The average molecular weight is 540 g/mol. The standard InChI is InChI=1S/C25H20Br2N2O2/c1-16-6-8-18(9-7-16)15-31-24-22(26)12-19(13-23(24)27)11-20(14-28)25(30)29-21-5-3-4-17(2)10-21/h3-13H,15H2,1-2H3,(H,29,30)/b20-11-. The summed E-state index contributed by atoms with van der Waals surface area (Å²) in [5.41, 5.74) is 4.63. The van der Waals surface area contributed by atoms with E-state index in [0.717, 1.165) is 20.1 Å². The van der Waals surface area contributed by atoms with Gasteiger partial charge < -0.3 is 10.1 Å². The summed E-state index contributed by atoms with van der Waals surface area (Å²) in [5, 5.41) is 12.2. The minimum absolute atomic E-state index is 0.00799. The lowest BCUT2D eigenvalue weighted by Crippen LogP contribution is -2.13. The molecule has 0 radical (unpaired) electrons. The van der Waals surface area contributed by atoms with Crippen LogP contribution in [0.2, 0.25) is 0 Å². The molecule has 0 heterocycles. The van der Waals surface area contributed by atoms with Gasteiger partial charge in [-0.2, -0.15) is 5.26 Å². The summed E-state index contributed by atoms with van der Waals surface area (Å²) in [7, 11) is 0. The summed E-state index contributed by atoms with van der Waals surface area (Å²) >= 11 is 7.05. The van der Waals surface area contributed by atoms with Crippen LogP contribution in [-0.4, -0.2) is 5.91 Å². The first-order valence-electron chi connectivity index (χ1n) is 9.53. The Bertz CT molecular complexity index is 1160. The molecular weight excluding hydrogens is 520 g/mol. The van der Waals surface area contributed by atoms with Crippen molar-refractivity contribution in [2.45, 2.75) is 20.5 Å². The quantitative estimate of drug-likeness (QED) is 0.272. The van der Waals surface area contributed by atoms with E-state index in [-0.39, 0.29) is 5.57 Å². The molecule has 0 spiro atoms. The fourth-order valence-electron chi connectivity index (χ4n) is 2.88. The third-order valence-electron chi connectivity index (χ3n) is 4.48. The topological polar surface area (TPSA) is 62.1 Å². The number of ether oxygens (including phenoxy) is 1. The first kappa shape index (κ1) is 22.8. The normalized spacial score (nSPS) is 11.0. The summed E-state index contributed by atoms with van der Waals surface area (Å²) in [6, 6.07) is 21.2. The van der Waals surface area contributed by atoms with Gasteiger partial charge in [0.2, 0.25) is 0 Å². The number of aryl methyl sites for hydroxylation is 2. The minimum atomic E-state index is -0.458. The highest BCUT2D eigenvalue weighted by molar-refractivity contribution is 9.11. The highest BCUT2D eigenvalue weighted by atomic mass is 79.9. The van der Waals surface area contributed by atoms with Gasteiger partial charge in [-0.15, -0.1) is 0 Å². The molecule has 0 bridgehead atoms. The van der Waals surface area contributed by atoms with Crippen LogP contribution in [0.3, 0.4) is 0 Å². The predicted molar refractivity (Wildman–Crippen MR) is 131 cm³/mol. The fraction of sp³-hybridized carbons (Fsp3) is 0.120. The smallest absolute Gasteiger partial charge is 0.266 e. The maximum absolute atomic E-state index is 12.5. The molecule has 0 aliphatic heterocycles. The third kappa shape index (κ3) is 6.30. The average Bonchev–Trinajstić information content (AvgIpc) is 2.72. The minimum Gasteiger partial charge on any atom is -0.487 e. The first-order chi connectivity index (χ1) is 14.9. The molecule has 3 aromatic rings. The van der Waals surface area contributed by atoms with E-state index in [9.17, 15) is 10.1 Å². The molecule has 0 unspecified atom stereocenters. The molecule has 0 saturated carbocycles. The molecule has 0 aliphatic carbocycles. The van der Waals surface area contributed by atoms with Gasteiger partial charge in [0.1, 0.15) is 24.0 Å². The SMILES string of the molecule is Cc1ccc(COc2c(Br)cc(/C=C(/C#N)C(=O)Nc3cccc(C)c3)cc2Br)cc1. The van der Waals surface area contributed by atoms with Crippen LogP contribution in [-0.2, 0) is 11.4 Å². The van der Waals surface area contributed by atoms with Crippen molar-refractivity contribution in [3.8, 4) is 11.8 Å². The number of nitriles is 1. The number of carbonyl (C=O) groups is 1. The van der Waals surface area contributed by atoms with Gasteiger partial charge in [0, 0.05) is 5.69 Å². The number of nitrogens with zero attached hydrogens (tertiary/aromatic N) is 1. The van der Waals surface area contributed by atoms with E-state index in [1.54, 1.807) is 12.1 Å². The molecule has 31 heavy (non-hydrogen) atoms. The number of carbonyl (C=O) groups excluding carboxylic acids is 1. The molecule has 0 aromatic heterocycles. The van der Waals surface area contributed by atoms with Crippen LogP contribution in [0.5, 0.6) is 5.75 Å². The molecule has 0 fully saturated rings. The van der Waals surface area contributed by atoms with E-state index in [2.05, 4.69) is 37.2 Å². The Morgan fingerprint density at radius 3 is 2.32 bits per heavy atom. The number of rotatable bonds is 6. The van der Waals surface area contributed by atoms with Crippen LogP contribution in [0.4, 0.5) is 5.69 Å². The van der Waals surface area contributed by atoms with Crippen LogP contribution >= 0.6 is 31.9 Å². The molecular formula is C25H20Br2N2O2. The van der Waals surface area contributed by atoms with Crippen LogP contribution in [0, 0.1) is 25.2 Å². The van der Waals surface area contributed by atoms with Crippen molar-refractivity contribution in [1.29, 1.82) is 5.26 Å². The zero-order valence-electron chi connectivity index (χ0n) is 17.1. The Morgan fingerprint density at radius 1 is 1.03 bits per heavy atom. The second-order valence-electron chi connectivity index (χ2n) is 7.08. The van der Waals surface area contributed by atoms with Crippen molar-refractivity contribution >= 4 is 49.5 Å². The number of amides is 1. The Labute approximate surface area is 198 Å². The van der Waals surface area contributed by atoms with Crippen molar-refractivity contribution in [3.63, 3.8) is 0 Å². The highest BCUT2D eigenvalue weighted by Gasteiger charge is 2.13. The molecule has 0 aliphatic rings. The van der Waals surface area contributed by atoms with E-state index >= 15 is 0 Å². The summed E-state index contributed by atoms with van der Waals surface area (Å²) in [4.78, 5) is 12.5. The number of hydrogen-bond donors (Lipinski definition) is 1. The second-order valence-corrected chi connectivity index (χ2v) is 8.79. The Kier molecular flexibility index (Phi) is 7.67. The third-order valence-corrected chi connectivity index (χ3v) is 5.65. The largest absolute Gasteiger partial charge is 0.487 e. The maximum atomic E-state index is 12.5. The predicted octanol–water partition coefficient (Wildman–Crippen LogP) is 6.95. The van der Waals surface area contributed by atoms with Gasteiger partial charge in [0.15, 0.2) is 0 Å². The summed E-state index contributed by atoms with van der Waals surface area (Å²) in [5.74, 6) is 0.195. The van der Waals surface area contributed by atoms with Crippen molar-refractivity contribution in [1.82, 2.24) is 0 Å². The molecule has 0 atom stereocenters. The van der Waals surface area contributed by atoms with Crippen LogP contribution in [0.15, 0.2) is 75.2 Å². The number of benzene rings is 3. The zero-order valence-corrected chi connectivity index (χ0v) is 20.2. The summed E-state index contributed by atoms with van der Waals surface area (Å²) in [6.07, 6.45) is 1.55. The summed E-state index contributed by atoms with van der Waals surface area (Å²) < 4.78 is 7.40. The highest BCUT2D eigenvalue weighted by Crippen LogP contribution is 2.36. The molecule has 1 amide bonds. The van der Waals surface area contributed by atoms with Gasteiger partial charge in [-0.25, -0.2) is 0 Å². The number of hydrogen-bond acceptors (Lipinski definition) is 3. The molecule has 3 rings (SSSR count). The second kappa shape index (κ2) is 10.4. The Balaban J connectivity index is 1.76. The lowest BCUT2D eigenvalue weighted by molar-refractivity contribution is -0.112. The van der Waals surface area contributed by atoms with Crippen molar-refractivity contribution in [2.24, 2.45) is 0 Å². The van der Waals surface area contributed by atoms with Crippen LogP contribution in [0.1, 0.15) is 22.3 Å². The van der Waals surface area contributed by atoms with Crippen LogP contribution < -0.4 is 10.1 Å². The first-order valence-corrected chi connectivity index (χ1v) is 11.1. The number of anilines is 1. The van der Waals surface area contributed by atoms with Crippen LogP contribution in [0.25, 0.3) is 6.08 Å². The Hall–Kier alpha value is -2.88. The van der Waals surface area contributed by atoms with E-state index in [0.29, 0.717) is 23.6 Å². The van der Waals surface area contributed by atoms with Crippen molar-refractivity contribution < 1.29 is 9.53 Å². The maximum Gasteiger partial charge on any atom is 0.266 e. The zero-order chi connectivity index (χ0) is 22.4. The number of nitrogens with one attached hydrogen (secondary N) is 1. The molecule has 3 aromatic carbocycles. The van der Waals surface area contributed by atoms with E-state index in [1.165, 1.54) is 5.56 Å². The lowest BCUT2D eigenvalue weighted by Gasteiger charge is -2.12. The molecule has 1 N–H and O–H groups in total. The number of halogens is 2. The van der Waals surface area contributed by atoms with Gasteiger partial charge in [-0.05, 0) is 92.7 Å². The molecule has 156 valence electrons. The summed E-state index contributed by atoms with van der Waals surface area (Å²) in [6.45, 7) is 4.41. The van der Waals surface area contributed by atoms with Crippen molar-refractivity contribution in [2.75, 3.05) is 5.32 Å². The van der Waals surface area contributed by atoms with Gasteiger partial charge in [0.25, 0.3) is 5.91 Å². The lowest BCUT2D eigenvalue weighted by atomic mass is 10.1. The monoisotopic (exact) mass is 538 g/mol. The van der Waals surface area contributed by atoms with E-state index < -0.39 is 5.91 Å². The van der Waals surface area contributed by atoms with Gasteiger partial charge in [-0.3, -0.25) is 4.79 Å². The van der Waals surface area contributed by atoms with Gasteiger partial charge >= 0.3 is 0 Å².